The van der Waals surface area contributed by atoms with E-state index in [9.17, 15) is 4.79 Å². The molecule has 1 saturated heterocycles. The van der Waals surface area contributed by atoms with Gasteiger partial charge in [0.05, 0.1) is 19.8 Å². The number of nitrogens with zero attached hydrogens (tertiary/aromatic N) is 1. The van der Waals surface area contributed by atoms with Crippen molar-refractivity contribution < 1.29 is 9.53 Å². The highest BCUT2D eigenvalue weighted by atomic mass is 16.5. The zero-order valence-electron chi connectivity index (χ0n) is 7.45. The van der Waals surface area contributed by atoms with E-state index in [-0.39, 0.29) is 5.78 Å². The number of carbonyl (C=O) groups excluding carboxylic acids is 1. The first-order chi connectivity index (χ1) is 5.83. The Morgan fingerprint density at radius 1 is 1.50 bits per heavy atom. The number of allylic oxidation sites excluding steroid dienone is 1. The first-order valence-corrected chi connectivity index (χ1v) is 4.28. The number of rotatable bonds is 3. The van der Waals surface area contributed by atoms with E-state index in [1.54, 1.807) is 12.2 Å². The third-order valence-corrected chi connectivity index (χ3v) is 1.84. The maximum atomic E-state index is 11.1. The lowest BCUT2D eigenvalue weighted by Crippen LogP contribution is -2.39. The SMILES string of the molecule is C/C=C/C(=O)CN1CCOCC1. The molecule has 3 nitrogen and oxygen atoms in total. The van der Waals surface area contributed by atoms with Gasteiger partial charge in [-0.05, 0) is 13.0 Å². The van der Waals surface area contributed by atoms with Gasteiger partial charge in [-0.3, -0.25) is 9.69 Å². The van der Waals surface area contributed by atoms with Crippen LogP contribution in [0.2, 0.25) is 0 Å². The predicted molar refractivity (Wildman–Crippen MR) is 47.1 cm³/mol. The molecule has 0 aromatic carbocycles. The van der Waals surface area contributed by atoms with Gasteiger partial charge in [-0.2, -0.15) is 0 Å². The van der Waals surface area contributed by atoms with Crippen LogP contribution in [0.15, 0.2) is 12.2 Å². The molecule has 68 valence electrons. The monoisotopic (exact) mass is 169 g/mol. The van der Waals surface area contributed by atoms with Gasteiger partial charge in [-0.15, -0.1) is 0 Å². The highest BCUT2D eigenvalue weighted by Crippen LogP contribution is 1.96. The van der Waals surface area contributed by atoms with Gasteiger partial charge in [0, 0.05) is 13.1 Å². The van der Waals surface area contributed by atoms with E-state index in [0.717, 1.165) is 26.3 Å². The van der Waals surface area contributed by atoms with E-state index in [1.165, 1.54) is 0 Å². The van der Waals surface area contributed by atoms with Crippen molar-refractivity contribution in [2.24, 2.45) is 0 Å². The molecule has 1 fully saturated rings. The highest BCUT2D eigenvalue weighted by Gasteiger charge is 2.11. The molecule has 0 saturated carbocycles. The molecule has 0 aromatic rings. The van der Waals surface area contributed by atoms with E-state index in [0.29, 0.717) is 6.54 Å². The largest absolute Gasteiger partial charge is 0.379 e. The topological polar surface area (TPSA) is 29.5 Å². The minimum atomic E-state index is 0.180. The first kappa shape index (κ1) is 9.42. The van der Waals surface area contributed by atoms with Crippen molar-refractivity contribution in [1.29, 1.82) is 0 Å². The molecule has 0 amide bonds. The van der Waals surface area contributed by atoms with Crippen molar-refractivity contribution in [3.8, 4) is 0 Å². The smallest absolute Gasteiger partial charge is 0.169 e. The number of ketones is 1. The van der Waals surface area contributed by atoms with Crippen LogP contribution in [0.4, 0.5) is 0 Å². The normalized spacial score (nSPS) is 20.1. The molecule has 0 aromatic heterocycles. The van der Waals surface area contributed by atoms with Crippen molar-refractivity contribution in [1.82, 2.24) is 4.90 Å². The number of hydrogen-bond donors (Lipinski definition) is 0. The fourth-order valence-electron chi connectivity index (χ4n) is 1.22. The fourth-order valence-corrected chi connectivity index (χ4v) is 1.22. The third kappa shape index (κ3) is 3.15. The second-order valence-electron chi connectivity index (χ2n) is 2.85. The van der Waals surface area contributed by atoms with Gasteiger partial charge in [-0.1, -0.05) is 6.08 Å². The number of morpholine rings is 1. The van der Waals surface area contributed by atoms with Gasteiger partial charge in [0.15, 0.2) is 5.78 Å². The molecule has 1 rings (SSSR count). The Hall–Kier alpha value is -0.670. The van der Waals surface area contributed by atoms with E-state index >= 15 is 0 Å². The lowest BCUT2D eigenvalue weighted by Gasteiger charge is -2.25. The molecule has 0 N–H and O–H groups in total. The predicted octanol–water partition coefficient (Wildman–Crippen LogP) is 0.464. The zero-order chi connectivity index (χ0) is 8.81. The highest BCUT2D eigenvalue weighted by molar-refractivity contribution is 5.91. The van der Waals surface area contributed by atoms with Crippen molar-refractivity contribution in [3.63, 3.8) is 0 Å². The third-order valence-electron chi connectivity index (χ3n) is 1.84. The lowest BCUT2D eigenvalue weighted by atomic mass is 10.3. The summed E-state index contributed by atoms with van der Waals surface area (Å²) in [7, 11) is 0. The zero-order valence-corrected chi connectivity index (χ0v) is 7.45. The summed E-state index contributed by atoms with van der Waals surface area (Å²) in [5.41, 5.74) is 0. The van der Waals surface area contributed by atoms with Crippen LogP contribution in [0.1, 0.15) is 6.92 Å². The molecule has 1 aliphatic heterocycles. The Bertz CT molecular complexity index is 171. The summed E-state index contributed by atoms with van der Waals surface area (Å²) in [4.78, 5) is 13.3. The van der Waals surface area contributed by atoms with Crippen molar-refractivity contribution in [2.75, 3.05) is 32.8 Å². The molecule has 0 unspecified atom stereocenters. The lowest BCUT2D eigenvalue weighted by molar-refractivity contribution is -0.116. The fraction of sp³-hybridized carbons (Fsp3) is 0.667. The Morgan fingerprint density at radius 2 is 2.17 bits per heavy atom. The first-order valence-electron chi connectivity index (χ1n) is 4.28. The summed E-state index contributed by atoms with van der Waals surface area (Å²) in [5, 5.41) is 0. The van der Waals surface area contributed by atoms with Crippen LogP contribution in [0.25, 0.3) is 0 Å². The molecular formula is C9H15NO2. The second kappa shape index (κ2) is 5.06. The minimum Gasteiger partial charge on any atom is -0.379 e. The molecule has 1 aliphatic rings. The standard InChI is InChI=1S/C9H15NO2/c1-2-3-9(11)8-10-4-6-12-7-5-10/h2-3H,4-8H2,1H3/b3-2+. The molecule has 0 spiro atoms. The molecular weight excluding hydrogens is 154 g/mol. The summed E-state index contributed by atoms with van der Waals surface area (Å²) in [6, 6.07) is 0. The van der Waals surface area contributed by atoms with Crippen molar-refractivity contribution in [3.05, 3.63) is 12.2 Å². The Labute approximate surface area is 73.0 Å². The van der Waals surface area contributed by atoms with Crippen LogP contribution < -0.4 is 0 Å². The minimum absolute atomic E-state index is 0.180. The van der Waals surface area contributed by atoms with Gasteiger partial charge >= 0.3 is 0 Å². The van der Waals surface area contributed by atoms with Crippen molar-refractivity contribution in [2.45, 2.75) is 6.92 Å². The summed E-state index contributed by atoms with van der Waals surface area (Å²) < 4.78 is 5.17. The van der Waals surface area contributed by atoms with Gasteiger partial charge < -0.3 is 4.74 Å². The Balaban J connectivity index is 2.24. The maximum Gasteiger partial charge on any atom is 0.169 e. The molecule has 0 aliphatic carbocycles. The van der Waals surface area contributed by atoms with Crippen LogP contribution in [-0.2, 0) is 9.53 Å². The summed E-state index contributed by atoms with van der Waals surface area (Å²) in [6.45, 7) is 5.66. The van der Waals surface area contributed by atoms with Crippen LogP contribution in [0.3, 0.4) is 0 Å². The molecule has 3 heteroatoms. The Kier molecular flexibility index (Phi) is 3.97. The van der Waals surface area contributed by atoms with E-state index < -0.39 is 0 Å². The second-order valence-corrected chi connectivity index (χ2v) is 2.85. The number of ether oxygens (including phenoxy) is 1. The molecule has 0 bridgehead atoms. The molecule has 1 heterocycles. The molecule has 0 atom stereocenters. The van der Waals surface area contributed by atoms with Crippen LogP contribution in [0, 0.1) is 0 Å². The molecule has 0 radical (unpaired) electrons. The molecule has 12 heavy (non-hydrogen) atoms. The van der Waals surface area contributed by atoms with Gasteiger partial charge in [0.2, 0.25) is 0 Å². The van der Waals surface area contributed by atoms with Gasteiger partial charge in [0.1, 0.15) is 0 Å². The number of hydrogen-bond acceptors (Lipinski definition) is 3. The van der Waals surface area contributed by atoms with E-state index in [4.69, 9.17) is 4.74 Å². The van der Waals surface area contributed by atoms with Crippen LogP contribution in [0.5, 0.6) is 0 Å². The average Bonchev–Trinajstić information content (AvgIpc) is 2.06. The quantitative estimate of drug-likeness (QED) is 0.575. The van der Waals surface area contributed by atoms with E-state index in [2.05, 4.69) is 4.90 Å². The van der Waals surface area contributed by atoms with Gasteiger partial charge in [0.25, 0.3) is 0 Å². The maximum absolute atomic E-state index is 11.1. The van der Waals surface area contributed by atoms with Gasteiger partial charge in [-0.25, -0.2) is 0 Å². The Morgan fingerprint density at radius 3 is 2.75 bits per heavy atom. The number of carbonyl (C=O) groups is 1. The summed E-state index contributed by atoms with van der Waals surface area (Å²) in [5.74, 6) is 0.180. The van der Waals surface area contributed by atoms with Crippen LogP contribution >= 0.6 is 0 Å². The summed E-state index contributed by atoms with van der Waals surface area (Å²) >= 11 is 0. The van der Waals surface area contributed by atoms with Crippen molar-refractivity contribution >= 4 is 5.78 Å². The van der Waals surface area contributed by atoms with Crippen LogP contribution in [-0.4, -0.2) is 43.5 Å². The summed E-state index contributed by atoms with van der Waals surface area (Å²) in [6.07, 6.45) is 3.40. The van der Waals surface area contributed by atoms with E-state index in [1.807, 2.05) is 6.92 Å². The average molecular weight is 169 g/mol.